The monoisotopic (exact) mass is 1700 g/mol. The Balaban J connectivity index is 0.000000227. The Morgan fingerprint density at radius 2 is 0.496 bits per heavy atom. The second-order valence-electron chi connectivity index (χ2n) is 45.7. The standard InChI is InChI=1S/C23H24.C22H22.C21H28.C20H26.C18H30.C12H18.C11H16/c1-17-10-12-19(13-11-17)21-14-20(18-8-6-5-7-9-18)15-22(16-21)23(2,3)4;1-22(2,3)21-15-19(17-10-6-4-7-11-17)14-20(16-21)18-12-8-5-9-13-18;1-15-10-8-11-16(14-15)17-12-9-13-18(20(2,3)4)19(17)21(5,6)7;1-19(2,3)17-14-10-13-16(18(17)20(4,5)6)15-11-8-7-9-12-15;1-16(2,3)13-10-11-14(17(4,5)6)15(12-13)18(7,8)9;1-9-7-6-8-10(2)11(9)12(3,4)5;1-9-7-5-6-8-10(9)11(2,3)4/h5-16H,1-4H3;4-16H,1-3H3;8-14H,1-7H3;7-14H,1-6H3;10-12H,1-9H3;6-8H,1-5H3;5-8H,1-4H3/i5D,6D,7D,8D,9D,10D,11D,12D,13D;;8D,10D,11D,14D;;;;. The second-order valence-corrected chi connectivity index (χ2v) is 45.7. The van der Waals surface area contributed by atoms with Crippen LogP contribution in [0.5, 0.6) is 0 Å². The van der Waals surface area contributed by atoms with Gasteiger partial charge in [0.05, 0.1) is 17.8 Å². The van der Waals surface area contributed by atoms with Gasteiger partial charge in [-0.2, -0.15) is 0 Å². The molecule has 0 radical (unpaired) electrons. The Labute approximate surface area is 794 Å². The molecule has 0 saturated carbocycles. The highest BCUT2D eigenvalue weighted by atomic mass is 14.4. The van der Waals surface area contributed by atoms with Crippen LogP contribution in [0.15, 0.2) is 303 Å². The molecule has 0 saturated heterocycles. The van der Waals surface area contributed by atoms with Crippen LogP contribution in [0.3, 0.4) is 0 Å². The third-order valence-corrected chi connectivity index (χ3v) is 22.7. The summed E-state index contributed by atoms with van der Waals surface area (Å²) >= 11 is 0. The first kappa shape index (κ1) is 85.0. The fraction of sp³-hybridized carbons (Fsp3) is 0.386. The molecule has 0 unspecified atom stereocenters. The number of hydrogen-bond donors (Lipinski definition) is 0. The minimum absolute atomic E-state index is 0.0250. The van der Waals surface area contributed by atoms with Gasteiger partial charge in [0.1, 0.15) is 0 Å². The van der Waals surface area contributed by atoms with E-state index in [0.29, 0.717) is 22.3 Å². The Morgan fingerprint density at radius 1 is 0.173 bits per heavy atom. The molecular weight excluding hydrogens is 1530 g/mol. The van der Waals surface area contributed by atoms with E-state index in [2.05, 4.69) is 423 Å². The van der Waals surface area contributed by atoms with Crippen LogP contribution in [0.4, 0.5) is 0 Å². The van der Waals surface area contributed by atoms with E-state index in [-0.39, 0.29) is 137 Å². The third kappa shape index (κ3) is 30.5. The second kappa shape index (κ2) is 42.4. The van der Waals surface area contributed by atoms with Crippen LogP contribution in [0.2, 0.25) is 0 Å². The van der Waals surface area contributed by atoms with Crippen LogP contribution in [-0.2, 0) is 59.6 Å². The molecule has 0 N–H and O–H groups in total. The topological polar surface area (TPSA) is 0 Å². The molecule has 0 amide bonds. The fourth-order valence-corrected chi connectivity index (χ4v) is 16.2. The van der Waals surface area contributed by atoms with Crippen molar-refractivity contribution in [3.05, 3.63) is 392 Å². The van der Waals surface area contributed by atoms with Crippen LogP contribution in [-0.4, -0.2) is 0 Å². The summed E-state index contributed by atoms with van der Waals surface area (Å²) in [5.74, 6) is 0. The number of aryl methyl sites for hydroxylation is 3. The first-order chi connectivity index (χ1) is 64.0. The van der Waals surface area contributed by atoms with Crippen LogP contribution < -0.4 is 0 Å². The molecule has 127 heavy (non-hydrogen) atoms. The molecule has 0 aliphatic carbocycles. The summed E-state index contributed by atoms with van der Waals surface area (Å²) in [6.45, 7) is 83.4. The molecule has 672 valence electrons. The summed E-state index contributed by atoms with van der Waals surface area (Å²) < 4.78 is 107. The molecule has 0 heterocycles. The van der Waals surface area contributed by atoms with Gasteiger partial charge in [-0.1, -0.05) is 530 Å². The Bertz CT molecular complexity index is 6210. The normalized spacial score (nSPS) is 13.6. The van der Waals surface area contributed by atoms with Gasteiger partial charge in [0.15, 0.2) is 0 Å². The molecule has 0 aliphatic rings. The molecule has 0 atom stereocenters. The van der Waals surface area contributed by atoms with Gasteiger partial charge in [-0.15, -0.1) is 0 Å². The van der Waals surface area contributed by atoms with Gasteiger partial charge >= 0.3 is 0 Å². The Morgan fingerprint density at radius 3 is 0.850 bits per heavy atom. The number of benzene rings is 13. The molecule has 0 bridgehead atoms. The smallest absolute Gasteiger partial charge is 0.0622 e. The number of rotatable bonds is 6. The van der Waals surface area contributed by atoms with E-state index < -0.39 is 18.1 Å². The SMILES string of the molecule is CC(C)(C)c1cc(-c2ccccc2)cc(-c2ccccc2)c1.CC(C)(C)c1ccc(C(C)(C)C)c(C(C)(C)C)c1.CC(C)(C)c1cccc(-c2ccccc2)c1C(C)(C)C.Cc1cccc(C)c1C(C)(C)C.Cc1ccccc1C(C)(C)C.[2H]c1c([2H])c(C)c([2H])c(-c2cccc(C(C)(C)C)c2C(C)(C)C)c1[2H].[2H]c1c([2H])c([2H])c(-c2cc(-c3c([2H])c([2H])c(C)c([2H])c3[2H])cc(C(C)(C)C)c2)c([2H])c1[2H]. The highest BCUT2D eigenvalue weighted by Gasteiger charge is 2.32. The maximum atomic E-state index is 8.52. The van der Waals surface area contributed by atoms with Gasteiger partial charge in [0, 0.05) is 0 Å². The maximum Gasteiger partial charge on any atom is 0.0632 e. The van der Waals surface area contributed by atoms with Gasteiger partial charge in [0.2, 0.25) is 0 Å². The van der Waals surface area contributed by atoms with Crippen molar-refractivity contribution < 1.29 is 17.8 Å². The quantitative estimate of drug-likeness (QED) is 0.156. The van der Waals surface area contributed by atoms with Crippen molar-refractivity contribution in [3.63, 3.8) is 0 Å². The summed E-state index contributed by atoms with van der Waals surface area (Å²) in [5, 5.41) is 0. The first-order valence-electron chi connectivity index (χ1n) is 52.2. The molecular formula is C127H164. The largest absolute Gasteiger partial charge is 0.0632 e. The highest BCUT2D eigenvalue weighted by molar-refractivity contribution is 5.77. The predicted molar refractivity (Wildman–Crippen MR) is 567 cm³/mol. The summed E-state index contributed by atoms with van der Waals surface area (Å²) in [7, 11) is 0. The molecule has 0 spiro atoms. The van der Waals surface area contributed by atoms with Crippen molar-refractivity contribution in [1.29, 1.82) is 0 Å². The van der Waals surface area contributed by atoms with E-state index in [9.17, 15) is 0 Å². The average molecular weight is 1700 g/mol. The zero-order valence-electron chi connectivity index (χ0n) is 98.4. The van der Waals surface area contributed by atoms with E-state index in [1.165, 1.54) is 107 Å². The first-order valence-corrected chi connectivity index (χ1v) is 45.7. The van der Waals surface area contributed by atoms with Gasteiger partial charge < -0.3 is 0 Å². The van der Waals surface area contributed by atoms with Crippen LogP contribution in [0.1, 0.15) is 335 Å². The van der Waals surface area contributed by atoms with Crippen molar-refractivity contribution in [2.24, 2.45) is 0 Å². The summed E-state index contributed by atoms with van der Waals surface area (Å²) in [5.41, 5.74) is 30.6. The minimum atomic E-state index is -0.478. The maximum absolute atomic E-state index is 8.52. The lowest BCUT2D eigenvalue weighted by molar-refractivity contribution is 0.523. The molecule has 0 heteroatoms. The van der Waals surface area contributed by atoms with Crippen molar-refractivity contribution in [2.45, 2.75) is 323 Å². The van der Waals surface area contributed by atoms with Gasteiger partial charge in [-0.05, 0) is 251 Å². The van der Waals surface area contributed by atoms with Crippen molar-refractivity contribution in [1.82, 2.24) is 0 Å². The fourth-order valence-electron chi connectivity index (χ4n) is 16.2. The summed E-state index contributed by atoms with van der Waals surface area (Å²) in [6, 6.07) is 76.2. The van der Waals surface area contributed by atoms with Gasteiger partial charge in [-0.25, -0.2) is 0 Å². The average Bonchev–Trinajstić information content (AvgIpc) is 0.745. The molecule has 0 aliphatic heterocycles. The van der Waals surface area contributed by atoms with E-state index in [1.807, 2.05) is 32.9 Å². The number of hydrogen-bond acceptors (Lipinski definition) is 0. The lowest BCUT2D eigenvalue weighted by atomic mass is 9.72. The third-order valence-electron chi connectivity index (χ3n) is 22.7. The summed E-state index contributed by atoms with van der Waals surface area (Å²) in [6.07, 6.45) is 0. The lowest BCUT2D eigenvalue weighted by Gasteiger charge is -2.32. The van der Waals surface area contributed by atoms with Gasteiger partial charge in [0.25, 0.3) is 0 Å². The van der Waals surface area contributed by atoms with E-state index >= 15 is 0 Å². The van der Waals surface area contributed by atoms with Crippen molar-refractivity contribution in [3.8, 4) is 66.8 Å². The molecule has 13 aromatic rings. The van der Waals surface area contributed by atoms with E-state index in [0.717, 1.165) is 16.7 Å². The predicted octanol–water partition coefficient (Wildman–Crippen LogP) is 37.6. The van der Waals surface area contributed by atoms with Crippen LogP contribution in [0, 0.1) is 34.6 Å². The Kier molecular flexibility index (Phi) is 28.4. The Hall–Kier alpha value is -10.1. The van der Waals surface area contributed by atoms with Crippen LogP contribution in [0.25, 0.3) is 66.8 Å². The van der Waals surface area contributed by atoms with Gasteiger partial charge in [-0.3, -0.25) is 0 Å². The van der Waals surface area contributed by atoms with Crippen molar-refractivity contribution in [2.75, 3.05) is 0 Å². The molecule has 0 fully saturated rings. The highest BCUT2D eigenvalue weighted by Crippen LogP contribution is 2.45. The van der Waals surface area contributed by atoms with Crippen LogP contribution >= 0.6 is 0 Å². The molecule has 0 nitrogen and oxygen atoms in total. The van der Waals surface area contributed by atoms with Crippen molar-refractivity contribution >= 4 is 0 Å². The molecule has 0 aromatic heterocycles. The molecule has 13 rings (SSSR count). The van der Waals surface area contributed by atoms with E-state index in [1.54, 1.807) is 25.1 Å². The summed E-state index contributed by atoms with van der Waals surface area (Å²) in [4.78, 5) is 0. The van der Waals surface area contributed by atoms with E-state index in [4.69, 9.17) is 17.8 Å². The molecule has 13 aromatic carbocycles. The lowest BCUT2D eigenvalue weighted by Crippen LogP contribution is -2.23. The zero-order valence-corrected chi connectivity index (χ0v) is 85.4. The minimum Gasteiger partial charge on any atom is -0.0622 e. The zero-order chi connectivity index (χ0) is 106.